The molecule has 4 N–H and O–H groups in total. The number of carboxylic acids is 1. The molecule has 2 unspecified atom stereocenters. The van der Waals surface area contributed by atoms with Crippen LogP contribution >= 0.6 is 0 Å². The van der Waals surface area contributed by atoms with Crippen LogP contribution in [0.25, 0.3) is 0 Å². The van der Waals surface area contributed by atoms with Crippen LogP contribution in [0.1, 0.15) is 33.1 Å². The van der Waals surface area contributed by atoms with Gasteiger partial charge in [0.25, 0.3) is 5.91 Å². The zero-order valence-electron chi connectivity index (χ0n) is 16.9. The Hall–Kier alpha value is -2.85. The topological polar surface area (TPSA) is 137 Å². The number of hydroxylamine groups is 2. The summed E-state index contributed by atoms with van der Waals surface area (Å²) >= 11 is 0. The largest absolute Gasteiger partial charge is 0.494 e. The lowest BCUT2D eigenvalue weighted by atomic mass is 10.2. The van der Waals surface area contributed by atoms with Crippen LogP contribution < -0.4 is 15.4 Å². The summed E-state index contributed by atoms with van der Waals surface area (Å²) in [5.41, 5.74) is 0.547. The van der Waals surface area contributed by atoms with Gasteiger partial charge in [0.2, 0.25) is 5.91 Å². The van der Waals surface area contributed by atoms with Gasteiger partial charge in [-0.05, 0) is 44.5 Å². The van der Waals surface area contributed by atoms with Crippen LogP contribution in [-0.4, -0.2) is 65.6 Å². The Bertz CT molecular complexity index is 660. The lowest BCUT2D eigenvalue weighted by Gasteiger charge is -2.26. The number of aliphatic hydroxyl groups excluding tert-OH is 1. The van der Waals surface area contributed by atoms with Gasteiger partial charge in [0, 0.05) is 18.7 Å². The molecule has 0 fully saturated rings. The molecule has 0 radical (unpaired) electrons. The van der Waals surface area contributed by atoms with Crippen molar-refractivity contribution < 1.29 is 34.2 Å². The molecule has 10 nitrogen and oxygen atoms in total. The summed E-state index contributed by atoms with van der Waals surface area (Å²) in [6.07, 6.45) is -1.65. The van der Waals surface area contributed by atoms with Crippen molar-refractivity contribution in [3.05, 3.63) is 24.3 Å². The Morgan fingerprint density at radius 3 is 2.38 bits per heavy atom. The highest BCUT2D eigenvalue weighted by Gasteiger charge is 2.26. The predicted molar refractivity (Wildman–Crippen MR) is 105 cm³/mol. The minimum atomic E-state index is -1.09. The zero-order chi connectivity index (χ0) is 21.8. The van der Waals surface area contributed by atoms with Crippen molar-refractivity contribution in [3.8, 4) is 5.75 Å². The molecule has 2 amide bonds. The van der Waals surface area contributed by atoms with E-state index in [0.29, 0.717) is 17.9 Å². The summed E-state index contributed by atoms with van der Waals surface area (Å²) in [4.78, 5) is 40.1. The van der Waals surface area contributed by atoms with Crippen molar-refractivity contribution in [2.45, 2.75) is 45.4 Å². The average Bonchev–Trinajstić information content (AvgIpc) is 2.66. The second-order valence-corrected chi connectivity index (χ2v) is 6.28. The van der Waals surface area contributed by atoms with Gasteiger partial charge in [-0.1, -0.05) is 0 Å². The highest BCUT2D eigenvalue weighted by molar-refractivity contribution is 5.89. The standard InChI is InChI=1S/C19H29N3O7/c1-4-22(28-3)19(27)18(21-16(24)12-13(2)23)20-14-7-9-15(10-8-14)29-11-5-6-17(25)26/h7-10,13,18,20,23H,4-6,11-12H2,1-3H3,(H,21,24)(H,25,26). The molecule has 0 spiro atoms. The Morgan fingerprint density at radius 1 is 1.21 bits per heavy atom. The van der Waals surface area contributed by atoms with Crippen molar-refractivity contribution >= 4 is 23.5 Å². The number of amides is 2. The molecule has 10 heteroatoms. The number of anilines is 1. The Balaban J connectivity index is 2.77. The van der Waals surface area contributed by atoms with Gasteiger partial charge in [-0.15, -0.1) is 0 Å². The highest BCUT2D eigenvalue weighted by Crippen LogP contribution is 2.17. The van der Waals surface area contributed by atoms with Gasteiger partial charge in [-0.3, -0.25) is 19.2 Å². The molecule has 29 heavy (non-hydrogen) atoms. The monoisotopic (exact) mass is 411 g/mol. The summed E-state index contributed by atoms with van der Waals surface area (Å²) in [6.45, 7) is 3.76. The molecule has 162 valence electrons. The van der Waals surface area contributed by atoms with Gasteiger partial charge in [0.1, 0.15) is 5.75 Å². The fraction of sp³-hybridized carbons (Fsp3) is 0.526. The van der Waals surface area contributed by atoms with Gasteiger partial charge in [-0.25, -0.2) is 5.06 Å². The minimum absolute atomic E-state index is 0.0308. The number of likely N-dealkylation sites (N-methyl/N-ethyl adjacent to an activating group) is 1. The van der Waals surface area contributed by atoms with Crippen LogP contribution in [0.2, 0.25) is 0 Å². The maximum Gasteiger partial charge on any atom is 0.303 e. The van der Waals surface area contributed by atoms with Gasteiger partial charge >= 0.3 is 5.97 Å². The first-order valence-corrected chi connectivity index (χ1v) is 9.30. The van der Waals surface area contributed by atoms with E-state index in [9.17, 15) is 19.5 Å². The predicted octanol–water partition coefficient (Wildman–Crippen LogP) is 0.965. The molecule has 1 aromatic carbocycles. The number of carbonyl (C=O) groups excluding carboxylic acids is 2. The molecule has 2 atom stereocenters. The Morgan fingerprint density at radius 2 is 1.86 bits per heavy atom. The smallest absolute Gasteiger partial charge is 0.303 e. The van der Waals surface area contributed by atoms with Crippen molar-refractivity contribution in [1.82, 2.24) is 10.4 Å². The van der Waals surface area contributed by atoms with Gasteiger partial charge in [-0.2, -0.15) is 0 Å². The molecule has 0 saturated carbocycles. The number of aliphatic carboxylic acids is 1. The molecule has 0 aliphatic heterocycles. The van der Waals surface area contributed by atoms with E-state index >= 15 is 0 Å². The van der Waals surface area contributed by atoms with E-state index in [0.717, 1.165) is 5.06 Å². The number of nitrogens with zero attached hydrogens (tertiary/aromatic N) is 1. The van der Waals surface area contributed by atoms with Crippen LogP contribution in [-0.2, 0) is 19.2 Å². The third-order valence-electron chi connectivity index (χ3n) is 3.76. The molecule has 0 aliphatic carbocycles. The summed E-state index contributed by atoms with van der Waals surface area (Å²) in [5.74, 6) is -1.31. The lowest BCUT2D eigenvalue weighted by molar-refractivity contribution is -0.176. The molecule has 1 rings (SSSR count). The van der Waals surface area contributed by atoms with Crippen molar-refractivity contribution in [2.24, 2.45) is 0 Å². The normalized spacial score (nSPS) is 12.6. The Labute approximate surface area is 169 Å². The fourth-order valence-corrected chi connectivity index (χ4v) is 2.39. The van der Waals surface area contributed by atoms with E-state index in [1.165, 1.54) is 14.0 Å². The van der Waals surface area contributed by atoms with Crippen LogP contribution in [0, 0.1) is 0 Å². The van der Waals surface area contributed by atoms with Gasteiger partial charge < -0.3 is 25.6 Å². The van der Waals surface area contributed by atoms with Crippen molar-refractivity contribution in [2.75, 3.05) is 25.6 Å². The summed E-state index contributed by atoms with van der Waals surface area (Å²) in [6, 6.07) is 6.65. The minimum Gasteiger partial charge on any atom is -0.494 e. The quantitative estimate of drug-likeness (QED) is 0.214. The first-order valence-electron chi connectivity index (χ1n) is 9.30. The number of carbonyl (C=O) groups is 3. The summed E-state index contributed by atoms with van der Waals surface area (Å²) < 4.78 is 5.46. The van der Waals surface area contributed by atoms with E-state index in [2.05, 4.69) is 10.6 Å². The van der Waals surface area contributed by atoms with Crippen LogP contribution in [0.3, 0.4) is 0 Å². The molecular weight excluding hydrogens is 382 g/mol. The zero-order valence-corrected chi connectivity index (χ0v) is 16.9. The fourth-order valence-electron chi connectivity index (χ4n) is 2.39. The molecular formula is C19H29N3O7. The first kappa shape index (κ1) is 24.2. The van der Waals surface area contributed by atoms with Crippen molar-refractivity contribution in [3.63, 3.8) is 0 Å². The van der Waals surface area contributed by atoms with E-state index in [-0.39, 0.29) is 26.0 Å². The summed E-state index contributed by atoms with van der Waals surface area (Å²) in [5, 5.41) is 24.5. The van der Waals surface area contributed by atoms with E-state index in [4.69, 9.17) is 14.7 Å². The molecule has 0 aliphatic rings. The second-order valence-electron chi connectivity index (χ2n) is 6.28. The first-order chi connectivity index (χ1) is 13.8. The molecule has 1 aromatic rings. The van der Waals surface area contributed by atoms with E-state index in [1.807, 2.05) is 0 Å². The van der Waals surface area contributed by atoms with Crippen LogP contribution in [0.5, 0.6) is 5.75 Å². The lowest BCUT2D eigenvalue weighted by Crippen LogP contribution is -2.52. The SMILES string of the molecule is CCN(OC)C(=O)C(NC(=O)CC(C)O)Nc1ccc(OCCCC(=O)O)cc1. The average molecular weight is 411 g/mol. The molecule has 0 aromatic heterocycles. The number of ether oxygens (including phenoxy) is 1. The van der Waals surface area contributed by atoms with Gasteiger partial charge in [0.15, 0.2) is 6.17 Å². The molecule has 0 bridgehead atoms. The highest BCUT2D eigenvalue weighted by atomic mass is 16.7. The number of hydrogen-bond donors (Lipinski definition) is 4. The number of benzene rings is 1. The third-order valence-corrected chi connectivity index (χ3v) is 3.76. The van der Waals surface area contributed by atoms with Crippen LogP contribution in [0.15, 0.2) is 24.3 Å². The second kappa shape index (κ2) is 12.6. The van der Waals surface area contributed by atoms with E-state index < -0.39 is 30.1 Å². The number of carboxylic acid groups (broad SMARTS) is 1. The maximum absolute atomic E-state index is 12.6. The van der Waals surface area contributed by atoms with E-state index in [1.54, 1.807) is 31.2 Å². The number of nitrogens with one attached hydrogen (secondary N) is 2. The third kappa shape index (κ3) is 9.26. The molecule has 0 heterocycles. The van der Waals surface area contributed by atoms with Crippen LogP contribution in [0.4, 0.5) is 5.69 Å². The number of hydrogen-bond acceptors (Lipinski definition) is 7. The van der Waals surface area contributed by atoms with Crippen molar-refractivity contribution in [1.29, 1.82) is 0 Å². The number of rotatable bonds is 13. The molecule has 0 saturated heterocycles. The summed E-state index contributed by atoms with van der Waals surface area (Å²) in [7, 11) is 1.35. The van der Waals surface area contributed by atoms with Gasteiger partial charge in [0.05, 0.1) is 26.2 Å². The Kier molecular flexibility index (Phi) is 10.5. The maximum atomic E-state index is 12.6. The number of aliphatic hydroxyl groups is 1.